The Labute approximate surface area is 148 Å². The number of carbonyl (C=O) groups is 1. The third-order valence-electron chi connectivity index (χ3n) is 3.12. The van der Waals surface area contributed by atoms with Crippen LogP contribution in [0, 0.1) is 0 Å². The summed E-state index contributed by atoms with van der Waals surface area (Å²) < 4.78 is 11.5. The van der Waals surface area contributed by atoms with Gasteiger partial charge in [0.2, 0.25) is 0 Å². The molecule has 0 radical (unpaired) electrons. The second-order valence-electron chi connectivity index (χ2n) is 4.74. The van der Waals surface area contributed by atoms with Crippen LogP contribution < -0.4 is 14.8 Å². The lowest BCUT2D eigenvalue weighted by Gasteiger charge is -2.13. The molecule has 0 atom stereocenters. The number of benzene rings is 2. The van der Waals surface area contributed by atoms with Crippen LogP contribution in [-0.2, 0) is 6.54 Å². The van der Waals surface area contributed by atoms with Crippen LogP contribution in [0.5, 0.6) is 11.5 Å². The highest BCUT2D eigenvalue weighted by atomic mass is 79.9. The number of halogens is 2. The lowest BCUT2D eigenvalue weighted by molar-refractivity contribution is 0.0950. The van der Waals surface area contributed by atoms with Crippen LogP contribution in [-0.4, -0.2) is 19.6 Å². The van der Waals surface area contributed by atoms with Crippen LogP contribution in [0.15, 0.2) is 40.9 Å². The molecule has 0 aliphatic carbocycles. The molecule has 0 spiro atoms. The highest BCUT2D eigenvalue weighted by Gasteiger charge is 2.15. The summed E-state index contributed by atoms with van der Waals surface area (Å²) in [5, 5.41) is 3.50. The van der Waals surface area contributed by atoms with Crippen molar-refractivity contribution in [1.29, 1.82) is 0 Å². The van der Waals surface area contributed by atoms with Gasteiger partial charge in [0.25, 0.3) is 5.91 Å². The van der Waals surface area contributed by atoms with Crippen LogP contribution in [0.4, 0.5) is 0 Å². The second-order valence-corrected chi connectivity index (χ2v) is 6.03. The maximum absolute atomic E-state index is 12.3. The summed E-state index contributed by atoms with van der Waals surface area (Å²) in [5.74, 6) is 0.891. The highest BCUT2D eigenvalue weighted by molar-refractivity contribution is 9.10. The van der Waals surface area contributed by atoms with Crippen LogP contribution >= 0.6 is 27.5 Å². The van der Waals surface area contributed by atoms with Gasteiger partial charge in [-0.25, -0.2) is 0 Å². The minimum Gasteiger partial charge on any atom is -0.493 e. The molecule has 0 fully saturated rings. The number of amides is 1. The molecule has 0 aliphatic rings. The van der Waals surface area contributed by atoms with Gasteiger partial charge >= 0.3 is 0 Å². The molecule has 0 aromatic heterocycles. The van der Waals surface area contributed by atoms with E-state index in [9.17, 15) is 4.79 Å². The summed E-state index contributed by atoms with van der Waals surface area (Å²) in [6, 6.07) is 10.7. The topological polar surface area (TPSA) is 47.6 Å². The first-order valence-electron chi connectivity index (χ1n) is 7.08. The van der Waals surface area contributed by atoms with Gasteiger partial charge in [-0.05, 0) is 52.7 Å². The molecule has 23 heavy (non-hydrogen) atoms. The molecular weight excluding hydrogens is 382 g/mol. The first-order valence-corrected chi connectivity index (χ1v) is 8.25. The number of methoxy groups -OCH3 is 1. The average molecular weight is 399 g/mol. The Morgan fingerprint density at radius 1 is 1.30 bits per heavy atom. The van der Waals surface area contributed by atoms with E-state index in [-0.39, 0.29) is 5.91 Å². The van der Waals surface area contributed by atoms with Crippen LogP contribution in [0.25, 0.3) is 0 Å². The Balaban J connectivity index is 2.14. The van der Waals surface area contributed by atoms with E-state index in [1.165, 1.54) is 7.11 Å². The molecule has 0 bridgehead atoms. The third kappa shape index (κ3) is 4.62. The monoisotopic (exact) mass is 397 g/mol. The van der Waals surface area contributed by atoms with E-state index in [2.05, 4.69) is 21.2 Å². The molecule has 0 unspecified atom stereocenters. The Morgan fingerprint density at radius 2 is 2.09 bits per heavy atom. The molecule has 2 aromatic rings. The Hall–Kier alpha value is -1.72. The predicted molar refractivity (Wildman–Crippen MR) is 94.5 cm³/mol. The fourth-order valence-electron chi connectivity index (χ4n) is 2.07. The van der Waals surface area contributed by atoms with Crippen LogP contribution in [0.1, 0.15) is 22.8 Å². The van der Waals surface area contributed by atoms with Crippen molar-refractivity contribution in [3.05, 3.63) is 57.0 Å². The minimum absolute atomic E-state index is 0.202. The quantitative estimate of drug-likeness (QED) is 0.782. The Morgan fingerprint density at radius 3 is 2.74 bits per heavy atom. The van der Waals surface area contributed by atoms with E-state index in [0.717, 1.165) is 5.56 Å². The molecule has 1 amide bonds. The normalized spacial score (nSPS) is 10.3. The van der Waals surface area contributed by atoms with Gasteiger partial charge in [-0.2, -0.15) is 0 Å². The molecule has 0 saturated heterocycles. The van der Waals surface area contributed by atoms with Gasteiger partial charge in [-0.3, -0.25) is 4.79 Å². The van der Waals surface area contributed by atoms with Crippen molar-refractivity contribution in [3.8, 4) is 11.5 Å². The van der Waals surface area contributed by atoms with Crippen molar-refractivity contribution in [1.82, 2.24) is 5.32 Å². The van der Waals surface area contributed by atoms with E-state index < -0.39 is 0 Å². The predicted octanol–water partition coefficient (Wildman–Crippen LogP) is 4.44. The fraction of sp³-hybridized carbons (Fsp3) is 0.235. The summed E-state index contributed by atoms with van der Waals surface area (Å²) in [6.07, 6.45) is 0. The maximum Gasteiger partial charge on any atom is 0.251 e. The Kier molecular flexibility index (Phi) is 6.30. The van der Waals surface area contributed by atoms with Crippen molar-refractivity contribution in [3.63, 3.8) is 0 Å². The zero-order valence-electron chi connectivity index (χ0n) is 12.9. The number of ether oxygens (including phenoxy) is 2. The van der Waals surface area contributed by atoms with Gasteiger partial charge in [-0.1, -0.05) is 23.7 Å². The summed E-state index contributed by atoms with van der Waals surface area (Å²) >= 11 is 9.35. The SMILES string of the molecule is CCOc1c(Br)cc(C(=O)NCc2cccc(Cl)c2)cc1OC. The molecule has 1 N–H and O–H groups in total. The standard InChI is InChI=1S/C17H17BrClNO3/c1-3-23-16-14(18)8-12(9-15(16)22-2)17(21)20-10-11-5-4-6-13(19)7-11/h4-9H,3,10H2,1-2H3,(H,20,21). The van der Waals surface area contributed by atoms with E-state index in [1.807, 2.05) is 25.1 Å². The minimum atomic E-state index is -0.202. The molecule has 0 saturated carbocycles. The van der Waals surface area contributed by atoms with E-state index in [1.54, 1.807) is 18.2 Å². The fourth-order valence-corrected chi connectivity index (χ4v) is 2.84. The smallest absolute Gasteiger partial charge is 0.251 e. The van der Waals surface area contributed by atoms with Crippen LogP contribution in [0.2, 0.25) is 5.02 Å². The number of rotatable bonds is 6. The summed E-state index contributed by atoms with van der Waals surface area (Å²) in [5.41, 5.74) is 1.42. The summed E-state index contributed by atoms with van der Waals surface area (Å²) in [6.45, 7) is 2.79. The molecule has 122 valence electrons. The maximum atomic E-state index is 12.3. The largest absolute Gasteiger partial charge is 0.493 e. The van der Waals surface area contributed by atoms with Gasteiger partial charge < -0.3 is 14.8 Å². The van der Waals surface area contributed by atoms with Crippen molar-refractivity contribution in [2.45, 2.75) is 13.5 Å². The van der Waals surface area contributed by atoms with Gasteiger partial charge in [0.1, 0.15) is 0 Å². The number of hydrogen-bond donors (Lipinski definition) is 1. The molecular formula is C17H17BrClNO3. The lowest BCUT2D eigenvalue weighted by Crippen LogP contribution is -2.22. The average Bonchev–Trinajstić information content (AvgIpc) is 2.54. The van der Waals surface area contributed by atoms with Crippen molar-refractivity contribution < 1.29 is 14.3 Å². The molecule has 2 aromatic carbocycles. The van der Waals surface area contributed by atoms with Gasteiger partial charge in [0.05, 0.1) is 18.2 Å². The molecule has 6 heteroatoms. The Bertz CT molecular complexity index is 706. The number of hydrogen-bond acceptors (Lipinski definition) is 3. The van der Waals surface area contributed by atoms with Crippen molar-refractivity contribution >= 4 is 33.4 Å². The van der Waals surface area contributed by atoms with Gasteiger partial charge in [0.15, 0.2) is 11.5 Å². The summed E-state index contributed by atoms with van der Waals surface area (Å²) in [4.78, 5) is 12.3. The summed E-state index contributed by atoms with van der Waals surface area (Å²) in [7, 11) is 1.54. The first kappa shape index (κ1) is 17.6. The first-order chi connectivity index (χ1) is 11.0. The second kappa shape index (κ2) is 8.22. The zero-order chi connectivity index (χ0) is 16.8. The van der Waals surface area contributed by atoms with E-state index in [4.69, 9.17) is 21.1 Å². The number of nitrogens with one attached hydrogen (secondary N) is 1. The lowest BCUT2D eigenvalue weighted by atomic mass is 10.1. The molecule has 2 rings (SSSR count). The zero-order valence-corrected chi connectivity index (χ0v) is 15.2. The molecule has 0 aliphatic heterocycles. The van der Waals surface area contributed by atoms with Gasteiger partial charge in [0, 0.05) is 17.1 Å². The molecule has 4 nitrogen and oxygen atoms in total. The van der Waals surface area contributed by atoms with Crippen molar-refractivity contribution in [2.75, 3.05) is 13.7 Å². The van der Waals surface area contributed by atoms with E-state index >= 15 is 0 Å². The van der Waals surface area contributed by atoms with Gasteiger partial charge in [-0.15, -0.1) is 0 Å². The van der Waals surface area contributed by atoms with E-state index in [0.29, 0.717) is 39.7 Å². The third-order valence-corrected chi connectivity index (χ3v) is 3.95. The number of carbonyl (C=O) groups excluding carboxylic acids is 1. The van der Waals surface area contributed by atoms with Crippen LogP contribution in [0.3, 0.4) is 0 Å². The molecule has 0 heterocycles. The highest BCUT2D eigenvalue weighted by Crippen LogP contribution is 2.36. The van der Waals surface area contributed by atoms with Crippen molar-refractivity contribution in [2.24, 2.45) is 0 Å².